The molecule has 0 rings (SSSR count). The van der Waals surface area contributed by atoms with Crippen LogP contribution in [0.25, 0.3) is 0 Å². The lowest BCUT2D eigenvalue weighted by Crippen LogP contribution is -2.19. The maximum absolute atomic E-state index is 10.0. The predicted octanol–water partition coefficient (Wildman–Crippen LogP) is 1.06. The van der Waals surface area contributed by atoms with Gasteiger partial charge in [0.1, 0.15) is 0 Å². The van der Waals surface area contributed by atoms with Crippen LogP contribution < -0.4 is 4.84 Å². The van der Waals surface area contributed by atoms with E-state index in [1.54, 1.807) is 4.84 Å². The molecule has 0 aliphatic carbocycles. The molecule has 0 aliphatic rings. The second-order valence-corrected chi connectivity index (χ2v) is 2.04. The van der Waals surface area contributed by atoms with Gasteiger partial charge >= 0.3 is 0 Å². The summed E-state index contributed by atoms with van der Waals surface area (Å²) in [5, 5.41) is 0. The number of carbonyl (C=O) groups excluding carboxylic acids is 1. The summed E-state index contributed by atoms with van der Waals surface area (Å²) in [5.41, 5.74) is 0. The summed E-state index contributed by atoms with van der Waals surface area (Å²) in [4.78, 5) is 10.7. The van der Waals surface area contributed by atoms with Crippen molar-refractivity contribution in [2.24, 2.45) is 0 Å². The molecule has 0 aromatic carbocycles. The number of alkyl halides is 2. The first-order chi connectivity index (χ1) is 3.18. The molecule has 42 valence electrons. The fourth-order valence-electron chi connectivity index (χ4n) is 0.0412. The number of rotatable bonds is 1. The fourth-order valence-corrected chi connectivity index (χ4v) is 0.371. The minimum atomic E-state index is -1.07. The molecule has 1 N–H and O–H groups in total. The van der Waals surface area contributed by atoms with E-state index >= 15 is 0 Å². The van der Waals surface area contributed by atoms with Crippen LogP contribution in [0.5, 0.6) is 0 Å². The fraction of sp³-hybridized carbons (Fsp3) is 0.500. The molecular weight excluding hydrogens is 160 g/mol. The molecule has 7 heavy (non-hydrogen) atoms. The van der Waals surface area contributed by atoms with Crippen molar-refractivity contribution >= 4 is 40.9 Å². The van der Waals surface area contributed by atoms with Crippen LogP contribution >= 0.6 is 35.0 Å². The van der Waals surface area contributed by atoms with Crippen molar-refractivity contribution in [3.8, 4) is 0 Å². The zero-order valence-corrected chi connectivity index (χ0v) is 5.39. The highest BCUT2D eigenvalue weighted by Crippen LogP contribution is 1.99. The Bertz CT molecular complexity index is 73.3. The van der Waals surface area contributed by atoms with Crippen LogP contribution in [0.3, 0.4) is 0 Å². The van der Waals surface area contributed by atoms with Crippen molar-refractivity contribution in [1.29, 1.82) is 0 Å². The van der Waals surface area contributed by atoms with E-state index in [4.69, 9.17) is 35.0 Å². The predicted molar refractivity (Wildman–Crippen MR) is 29.5 cm³/mol. The SMILES string of the molecule is O=C(NCl)C(Cl)Cl. The Morgan fingerprint density at radius 3 is 2.00 bits per heavy atom. The number of nitrogens with one attached hydrogen (secondary N) is 1. The van der Waals surface area contributed by atoms with Crippen LogP contribution in [0.4, 0.5) is 0 Å². The minimum Gasteiger partial charge on any atom is -0.271 e. The molecule has 0 atom stereocenters. The number of hydrogen-bond acceptors (Lipinski definition) is 1. The van der Waals surface area contributed by atoms with Crippen molar-refractivity contribution in [3.63, 3.8) is 0 Å². The van der Waals surface area contributed by atoms with E-state index in [0.29, 0.717) is 0 Å². The molecule has 0 radical (unpaired) electrons. The molecule has 0 unspecified atom stereocenters. The van der Waals surface area contributed by atoms with E-state index in [2.05, 4.69) is 0 Å². The zero-order chi connectivity index (χ0) is 5.86. The van der Waals surface area contributed by atoms with Crippen LogP contribution in [-0.2, 0) is 4.79 Å². The normalized spacial score (nSPS) is 9.14. The molecular formula is C2H2Cl3NO. The van der Waals surface area contributed by atoms with Crippen molar-refractivity contribution in [1.82, 2.24) is 4.84 Å². The van der Waals surface area contributed by atoms with E-state index in [1.165, 1.54) is 0 Å². The third-order valence-corrected chi connectivity index (χ3v) is 0.874. The van der Waals surface area contributed by atoms with E-state index in [1.807, 2.05) is 0 Å². The average molecular weight is 162 g/mol. The van der Waals surface area contributed by atoms with E-state index < -0.39 is 10.7 Å². The first-order valence-electron chi connectivity index (χ1n) is 1.37. The molecule has 0 saturated carbocycles. The van der Waals surface area contributed by atoms with Crippen LogP contribution in [0.2, 0.25) is 0 Å². The topological polar surface area (TPSA) is 29.1 Å². The highest BCUT2D eigenvalue weighted by Gasteiger charge is 2.07. The smallest absolute Gasteiger partial charge is 0.267 e. The summed E-state index contributed by atoms with van der Waals surface area (Å²) in [6.07, 6.45) is 0. The lowest BCUT2D eigenvalue weighted by molar-refractivity contribution is -0.117. The Hall–Kier alpha value is 0.340. The van der Waals surface area contributed by atoms with Crippen LogP contribution in [0.1, 0.15) is 0 Å². The lowest BCUT2D eigenvalue weighted by atomic mass is 10.8. The Labute approximate surface area is 55.8 Å². The average Bonchev–Trinajstić information content (AvgIpc) is 1.65. The number of amides is 1. The van der Waals surface area contributed by atoms with E-state index in [9.17, 15) is 4.79 Å². The summed E-state index contributed by atoms with van der Waals surface area (Å²) in [6, 6.07) is 0. The molecule has 0 saturated heterocycles. The second-order valence-electron chi connectivity index (χ2n) is 0.759. The first kappa shape index (κ1) is 7.34. The zero-order valence-electron chi connectivity index (χ0n) is 3.12. The lowest BCUT2D eigenvalue weighted by Gasteiger charge is -1.91. The van der Waals surface area contributed by atoms with Gasteiger partial charge in [-0.2, -0.15) is 0 Å². The van der Waals surface area contributed by atoms with Crippen LogP contribution in [0.15, 0.2) is 0 Å². The van der Waals surface area contributed by atoms with Gasteiger partial charge in [0.15, 0.2) is 4.84 Å². The van der Waals surface area contributed by atoms with Gasteiger partial charge in [0, 0.05) is 11.8 Å². The maximum Gasteiger partial charge on any atom is 0.267 e. The Morgan fingerprint density at radius 2 is 2.00 bits per heavy atom. The molecule has 1 amide bonds. The number of hydrogen-bond donors (Lipinski definition) is 1. The van der Waals surface area contributed by atoms with Gasteiger partial charge in [-0.05, 0) is 0 Å². The van der Waals surface area contributed by atoms with Crippen LogP contribution in [-0.4, -0.2) is 10.7 Å². The molecule has 0 heterocycles. The molecule has 0 bridgehead atoms. The number of halogens is 3. The monoisotopic (exact) mass is 161 g/mol. The standard InChI is InChI=1S/C2H2Cl3NO/c3-1(4)2(7)6-5/h1H,(H,6,7). The van der Waals surface area contributed by atoms with Crippen molar-refractivity contribution in [2.75, 3.05) is 0 Å². The van der Waals surface area contributed by atoms with E-state index in [0.717, 1.165) is 0 Å². The molecule has 2 nitrogen and oxygen atoms in total. The van der Waals surface area contributed by atoms with Gasteiger partial charge in [0.05, 0.1) is 0 Å². The molecule has 0 aromatic rings. The van der Waals surface area contributed by atoms with Gasteiger partial charge in [0.2, 0.25) is 0 Å². The Kier molecular flexibility index (Phi) is 3.52. The van der Waals surface area contributed by atoms with Gasteiger partial charge < -0.3 is 0 Å². The summed E-state index contributed by atoms with van der Waals surface area (Å²) in [6.45, 7) is 0. The van der Waals surface area contributed by atoms with Gasteiger partial charge in [0.25, 0.3) is 5.91 Å². The molecule has 0 spiro atoms. The van der Waals surface area contributed by atoms with Crippen molar-refractivity contribution in [2.45, 2.75) is 4.84 Å². The summed E-state index contributed by atoms with van der Waals surface area (Å²) in [5.74, 6) is -0.606. The van der Waals surface area contributed by atoms with Crippen molar-refractivity contribution in [3.05, 3.63) is 0 Å². The quantitative estimate of drug-likeness (QED) is 0.453. The van der Waals surface area contributed by atoms with Gasteiger partial charge in [-0.3, -0.25) is 9.63 Å². The summed E-state index contributed by atoms with van der Waals surface area (Å²) in [7, 11) is 0. The molecule has 0 aromatic heterocycles. The summed E-state index contributed by atoms with van der Waals surface area (Å²) >= 11 is 14.8. The van der Waals surface area contributed by atoms with Gasteiger partial charge in [-0.1, -0.05) is 23.2 Å². The molecule has 0 aliphatic heterocycles. The minimum absolute atomic E-state index is 0.606. The number of carbonyl (C=O) groups is 1. The Morgan fingerprint density at radius 1 is 1.57 bits per heavy atom. The highest BCUT2D eigenvalue weighted by molar-refractivity contribution is 6.54. The van der Waals surface area contributed by atoms with Crippen molar-refractivity contribution < 1.29 is 4.79 Å². The molecule has 0 fully saturated rings. The Balaban J connectivity index is 3.35. The largest absolute Gasteiger partial charge is 0.271 e. The third-order valence-electron chi connectivity index (χ3n) is 0.291. The first-order valence-corrected chi connectivity index (χ1v) is 2.62. The van der Waals surface area contributed by atoms with E-state index in [-0.39, 0.29) is 0 Å². The summed E-state index contributed by atoms with van der Waals surface area (Å²) < 4.78 is 0. The van der Waals surface area contributed by atoms with Gasteiger partial charge in [-0.25, -0.2) is 0 Å². The van der Waals surface area contributed by atoms with Crippen LogP contribution in [0, 0.1) is 0 Å². The second kappa shape index (κ2) is 3.36. The maximum atomic E-state index is 10.0. The van der Waals surface area contributed by atoms with Gasteiger partial charge in [-0.15, -0.1) is 0 Å². The molecule has 5 heteroatoms. The highest BCUT2D eigenvalue weighted by atomic mass is 35.5. The third kappa shape index (κ3) is 2.97.